The highest BCUT2D eigenvalue weighted by Crippen LogP contribution is 2.35. The maximum Gasteiger partial charge on any atom is 0.160 e. The van der Waals surface area contributed by atoms with Crippen LogP contribution in [0.3, 0.4) is 0 Å². The lowest BCUT2D eigenvalue weighted by molar-refractivity contribution is -0.112. The van der Waals surface area contributed by atoms with E-state index in [0.29, 0.717) is 0 Å². The van der Waals surface area contributed by atoms with Gasteiger partial charge in [-0.1, -0.05) is 12.1 Å². The number of hydrogen-bond acceptors (Lipinski definition) is 3. The van der Waals surface area contributed by atoms with Crippen LogP contribution in [-0.4, -0.2) is 18.7 Å². The number of benzene rings is 2. The lowest BCUT2D eigenvalue weighted by Gasteiger charge is -2.21. The van der Waals surface area contributed by atoms with E-state index in [1.807, 2.05) is 52.0 Å². The van der Waals surface area contributed by atoms with Crippen molar-refractivity contribution < 1.29 is 14.3 Å². The van der Waals surface area contributed by atoms with Gasteiger partial charge in [-0.15, -0.1) is 0 Å². The predicted octanol–water partition coefficient (Wildman–Crippen LogP) is 5.15. The van der Waals surface area contributed by atoms with Crippen LogP contribution >= 0.6 is 0 Å². The summed E-state index contributed by atoms with van der Waals surface area (Å²) in [6, 6.07) is 7.68. The summed E-state index contributed by atoms with van der Waals surface area (Å²) in [6.45, 7) is 11.1. The number of hydrogen-bond donors (Lipinski definition) is 0. The van der Waals surface area contributed by atoms with Crippen molar-refractivity contribution in [1.29, 1.82) is 0 Å². The molecule has 3 heteroatoms. The third-order valence-electron chi connectivity index (χ3n) is 5.00. The van der Waals surface area contributed by atoms with Gasteiger partial charge in [0.1, 0.15) is 5.75 Å². The zero-order valence-electron chi connectivity index (χ0n) is 16.6. The van der Waals surface area contributed by atoms with Crippen molar-refractivity contribution in [3.05, 3.63) is 69.3 Å². The van der Waals surface area contributed by atoms with Crippen molar-refractivity contribution in [3.8, 4) is 5.75 Å². The van der Waals surface area contributed by atoms with Crippen molar-refractivity contribution >= 4 is 17.1 Å². The summed E-state index contributed by atoms with van der Waals surface area (Å²) in [7, 11) is 1.63. The molecule has 0 aliphatic carbocycles. The minimum atomic E-state index is -0.0134. The van der Waals surface area contributed by atoms with Gasteiger partial charge in [0.25, 0.3) is 0 Å². The lowest BCUT2D eigenvalue weighted by Crippen LogP contribution is -2.09. The first kappa shape index (κ1) is 19.6. The second-order valence-corrected chi connectivity index (χ2v) is 6.70. The van der Waals surface area contributed by atoms with Crippen LogP contribution in [0.2, 0.25) is 0 Å². The number of carbonyl (C=O) groups is 2. The Morgan fingerprint density at radius 2 is 1.27 bits per heavy atom. The van der Waals surface area contributed by atoms with Crippen molar-refractivity contribution in [2.24, 2.45) is 0 Å². The van der Waals surface area contributed by atoms with E-state index in [1.165, 1.54) is 0 Å². The summed E-state index contributed by atoms with van der Waals surface area (Å²) in [5.41, 5.74) is 7.62. The van der Waals surface area contributed by atoms with E-state index >= 15 is 0 Å². The minimum Gasteiger partial charge on any atom is -0.497 e. The van der Waals surface area contributed by atoms with Gasteiger partial charge in [0.05, 0.1) is 7.11 Å². The molecule has 2 aromatic carbocycles. The van der Waals surface area contributed by atoms with Gasteiger partial charge in [-0.25, -0.2) is 0 Å². The van der Waals surface area contributed by atoms with Crippen LogP contribution in [0.25, 0.3) is 5.57 Å². The second-order valence-electron chi connectivity index (χ2n) is 6.70. The first-order valence-corrected chi connectivity index (χ1v) is 8.67. The highest BCUT2D eigenvalue weighted by molar-refractivity contribution is 6.02. The van der Waals surface area contributed by atoms with E-state index in [-0.39, 0.29) is 11.6 Å². The van der Waals surface area contributed by atoms with Gasteiger partial charge in [0, 0.05) is 5.56 Å². The minimum absolute atomic E-state index is 0.0134. The van der Waals surface area contributed by atoms with Gasteiger partial charge in [0.2, 0.25) is 0 Å². The Balaban J connectivity index is 2.82. The SMILES string of the molecule is COc1ccc(/C(=C/C(C)=O)c2c(C)c(C)c(C(C)=O)c(C)c2C)cc1. The summed E-state index contributed by atoms with van der Waals surface area (Å²) >= 11 is 0. The van der Waals surface area contributed by atoms with E-state index in [1.54, 1.807) is 27.0 Å². The van der Waals surface area contributed by atoms with E-state index in [9.17, 15) is 9.59 Å². The van der Waals surface area contributed by atoms with Gasteiger partial charge < -0.3 is 4.74 Å². The molecular formula is C23H26O3. The van der Waals surface area contributed by atoms with Crippen LogP contribution in [0.1, 0.15) is 57.6 Å². The molecule has 136 valence electrons. The highest BCUT2D eigenvalue weighted by atomic mass is 16.5. The molecule has 0 N–H and O–H groups in total. The lowest BCUT2D eigenvalue weighted by atomic mass is 9.82. The molecule has 0 saturated carbocycles. The average molecular weight is 350 g/mol. The second kappa shape index (κ2) is 7.69. The van der Waals surface area contributed by atoms with Gasteiger partial charge >= 0.3 is 0 Å². The molecule has 0 heterocycles. The molecule has 3 nitrogen and oxygen atoms in total. The summed E-state index contributed by atoms with van der Waals surface area (Å²) in [4.78, 5) is 24.0. The van der Waals surface area contributed by atoms with E-state index in [0.717, 1.165) is 50.3 Å². The van der Waals surface area contributed by atoms with E-state index in [4.69, 9.17) is 4.74 Å². The smallest absolute Gasteiger partial charge is 0.160 e. The Morgan fingerprint density at radius 3 is 1.65 bits per heavy atom. The molecule has 0 aliphatic rings. The van der Waals surface area contributed by atoms with E-state index in [2.05, 4.69) is 0 Å². The molecule has 0 saturated heterocycles. The zero-order chi connectivity index (χ0) is 19.6. The van der Waals surface area contributed by atoms with Crippen LogP contribution in [0.5, 0.6) is 5.75 Å². The fourth-order valence-corrected chi connectivity index (χ4v) is 3.52. The monoisotopic (exact) mass is 350 g/mol. The summed E-state index contributed by atoms with van der Waals surface area (Å²) < 4.78 is 5.24. The molecule has 2 aromatic rings. The Bertz CT molecular complexity index is 871. The molecule has 0 atom stereocenters. The van der Waals surface area contributed by atoms with Gasteiger partial charge in [-0.05, 0) is 98.7 Å². The Kier molecular flexibility index (Phi) is 5.81. The van der Waals surface area contributed by atoms with Crippen LogP contribution in [0.4, 0.5) is 0 Å². The fraction of sp³-hybridized carbons (Fsp3) is 0.304. The summed E-state index contributed by atoms with van der Waals surface area (Å²) in [5.74, 6) is 0.823. The van der Waals surface area contributed by atoms with Crippen LogP contribution in [0, 0.1) is 27.7 Å². The van der Waals surface area contributed by atoms with Crippen molar-refractivity contribution in [3.63, 3.8) is 0 Å². The normalized spacial score (nSPS) is 11.4. The maximum atomic E-state index is 12.1. The van der Waals surface area contributed by atoms with Crippen LogP contribution in [-0.2, 0) is 4.79 Å². The van der Waals surface area contributed by atoms with Crippen LogP contribution < -0.4 is 4.74 Å². The Hall–Kier alpha value is -2.68. The molecule has 0 radical (unpaired) electrons. The number of rotatable bonds is 5. The number of carbonyl (C=O) groups excluding carboxylic acids is 2. The van der Waals surface area contributed by atoms with Crippen LogP contribution in [0.15, 0.2) is 30.3 Å². The third-order valence-corrected chi connectivity index (χ3v) is 5.00. The molecule has 0 aromatic heterocycles. The predicted molar refractivity (Wildman–Crippen MR) is 106 cm³/mol. The standard InChI is InChI=1S/C23H26O3/c1-13(24)12-21(19-8-10-20(26-7)11-9-19)23-16(4)14(2)22(18(6)25)15(3)17(23)5/h8-12H,1-7H3/b21-12-. The molecule has 0 fully saturated rings. The summed E-state index contributed by atoms with van der Waals surface area (Å²) in [6.07, 6.45) is 1.67. The third kappa shape index (κ3) is 3.62. The first-order chi connectivity index (χ1) is 12.2. The fourth-order valence-electron chi connectivity index (χ4n) is 3.52. The molecule has 0 aliphatic heterocycles. The maximum absolute atomic E-state index is 12.1. The molecule has 26 heavy (non-hydrogen) atoms. The first-order valence-electron chi connectivity index (χ1n) is 8.67. The highest BCUT2D eigenvalue weighted by Gasteiger charge is 2.20. The van der Waals surface area contributed by atoms with Crippen molar-refractivity contribution in [2.75, 3.05) is 7.11 Å². The number of methoxy groups -OCH3 is 1. The molecule has 0 bridgehead atoms. The Labute approximate surface area is 155 Å². The van der Waals surface area contributed by atoms with Crippen molar-refractivity contribution in [2.45, 2.75) is 41.5 Å². The van der Waals surface area contributed by atoms with Gasteiger partial charge in [0.15, 0.2) is 11.6 Å². The van der Waals surface area contributed by atoms with Gasteiger partial charge in [-0.3, -0.25) is 9.59 Å². The van der Waals surface area contributed by atoms with E-state index < -0.39 is 0 Å². The number of ether oxygens (including phenoxy) is 1. The van der Waals surface area contributed by atoms with Crippen molar-refractivity contribution in [1.82, 2.24) is 0 Å². The number of ketones is 2. The molecule has 0 amide bonds. The Morgan fingerprint density at radius 1 is 0.808 bits per heavy atom. The molecule has 0 unspecified atom stereocenters. The molecule has 0 spiro atoms. The number of Topliss-reactive ketones (excluding diaryl/α,β-unsaturated/α-hetero) is 1. The topological polar surface area (TPSA) is 43.4 Å². The quantitative estimate of drug-likeness (QED) is 0.553. The zero-order valence-corrected chi connectivity index (χ0v) is 16.6. The molecule has 2 rings (SSSR count). The molecular weight excluding hydrogens is 324 g/mol. The van der Waals surface area contributed by atoms with Gasteiger partial charge in [-0.2, -0.15) is 0 Å². The summed E-state index contributed by atoms with van der Waals surface area (Å²) in [5, 5.41) is 0. The largest absolute Gasteiger partial charge is 0.497 e. The number of allylic oxidation sites excluding steroid dienone is 1. The average Bonchev–Trinajstić information content (AvgIpc) is 2.59.